The zero-order valence-electron chi connectivity index (χ0n) is 20.8. The molecule has 2 aliphatic rings. The number of rotatable bonds is 10. The standard InChI is InChI=1S/C26H32N4O6S/c1-19(9-12-28-26(33)36-17-20-6-3-2-4-7-20)14-24(32)29-13-10-22-25(29)23(31)16-30(22)37(34,35)18-21-8-5-11-27-15-21/h2-8,11,15,19,22,25H,9-10,12-14,16-18H2,1H3,(H,28,33). The summed E-state index contributed by atoms with van der Waals surface area (Å²) in [5.74, 6) is -0.696. The molecule has 3 atom stereocenters. The number of hydrogen-bond acceptors (Lipinski definition) is 7. The summed E-state index contributed by atoms with van der Waals surface area (Å²) in [6, 6.07) is 11.4. The first-order valence-electron chi connectivity index (χ1n) is 12.4. The average molecular weight is 529 g/mol. The zero-order chi connectivity index (χ0) is 26.4. The summed E-state index contributed by atoms with van der Waals surface area (Å²) in [7, 11) is -3.73. The molecule has 37 heavy (non-hydrogen) atoms. The number of sulfonamides is 1. The monoisotopic (exact) mass is 528 g/mol. The van der Waals surface area contributed by atoms with Crippen LogP contribution in [0.2, 0.25) is 0 Å². The number of ketones is 1. The highest BCUT2D eigenvalue weighted by atomic mass is 32.2. The van der Waals surface area contributed by atoms with Gasteiger partial charge < -0.3 is 15.0 Å². The molecule has 2 aromatic rings. The molecule has 2 aliphatic heterocycles. The molecule has 0 saturated carbocycles. The van der Waals surface area contributed by atoms with Crippen molar-refractivity contribution < 1.29 is 27.5 Å². The van der Waals surface area contributed by atoms with Crippen LogP contribution < -0.4 is 5.32 Å². The fourth-order valence-corrected chi connectivity index (χ4v) is 6.62. The second-order valence-electron chi connectivity index (χ2n) is 9.60. The molecule has 2 amide bonds. The van der Waals surface area contributed by atoms with Crippen LogP contribution in [0.5, 0.6) is 0 Å². The number of aromatic nitrogens is 1. The Hall–Kier alpha value is -3.31. The van der Waals surface area contributed by atoms with E-state index in [9.17, 15) is 22.8 Å². The second-order valence-corrected chi connectivity index (χ2v) is 11.5. The summed E-state index contributed by atoms with van der Waals surface area (Å²) in [4.78, 5) is 43.2. The maximum Gasteiger partial charge on any atom is 0.407 e. The summed E-state index contributed by atoms with van der Waals surface area (Å²) in [5.41, 5.74) is 1.45. The Bertz CT molecular complexity index is 1210. The minimum atomic E-state index is -3.73. The summed E-state index contributed by atoms with van der Waals surface area (Å²) >= 11 is 0. The minimum Gasteiger partial charge on any atom is -0.445 e. The predicted molar refractivity (Wildman–Crippen MR) is 136 cm³/mol. The van der Waals surface area contributed by atoms with Crippen LogP contribution in [0.3, 0.4) is 0 Å². The number of nitrogens with zero attached hydrogens (tertiary/aromatic N) is 3. The van der Waals surface area contributed by atoms with Gasteiger partial charge in [-0.05, 0) is 36.0 Å². The number of carbonyl (C=O) groups is 3. The largest absolute Gasteiger partial charge is 0.445 e. The van der Waals surface area contributed by atoms with Crippen LogP contribution in [-0.2, 0) is 36.7 Å². The zero-order valence-corrected chi connectivity index (χ0v) is 21.6. The summed E-state index contributed by atoms with van der Waals surface area (Å²) in [6.45, 7) is 2.57. The van der Waals surface area contributed by atoms with Gasteiger partial charge in [0.15, 0.2) is 5.78 Å². The smallest absolute Gasteiger partial charge is 0.407 e. The quantitative estimate of drug-likeness (QED) is 0.501. The van der Waals surface area contributed by atoms with E-state index >= 15 is 0 Å². The van der Waals surface area contributed by atoms with E-state index in [0.717, 1.165) is 5.56 Å². The van der Waals surface area contributed by atoms with Crippen molar-refractivity contribution in [3.63, 3.8) is 0 Å². The highest BCUT2D eigenvalue weighted by Gasteiger charge is 2.53. The molecule has 198 valence electrons. The van der Waals surface area contributed by atoms with E-state index < -0.39 is 28.2 Å². The van der Waals surface area contributed by atoms with Gasteiger partial charge in [-0.15, -0.1) is 0 Å². The molecule has 0 radical (unpaired) electrons. The van der Waals surface area contributed by atoms with Crippen LogP contribution in [0.1, 0.15) is 37.3 Å². The van der Waals surface area contributed by atoms with E-state index in [-0.39, 0.29) is 42.9 Å². The normalized spacial score (nSPS) is 20.5. The number of amides is 2. The SMILES string of the molecule is CC(CCNC(=O)OCc1ccccc1)CC(=O)N1CCC2C1C(=O)CN2S(=O)(=O)Cc1cccnc1. The molecule has 2 fully saturated rings. The van der Waals surface area contributed by atoms with Crippen molar-refractivity contribution in [1.29, 1.82) is 0 Å². The van der Waals surface area contributed by atoms with E-state index in [1.807, 2.05) is 37.3 Å². The molecular formula is C26H32N4O6S. The third kappa shape index (κ3) is 6.72. The third-order valence-corrected chi connectivity index (χ3v) is 8.58. The van der Waals surface area contributed by atoms with Crippen LogP contribution in [0.4, 0.5) is 4.79 Å². The molecule has 4 rings (SSSR count). The molecule has 3 unspecified atom stereocenters. The number of ether oxygens (including phenoxy) is 1. The Morgan fingerprint density at radius 2 is 1.92 bits per heavy atom. The summed E-state index contributed by atoms with van der Waals surface area (Å²) in [6.07, 6.45) is 3.75. The molecule has 1 aromatic carbocycles. The fourth-order valence-electron chi connectivity index (χ4n) is 4.90. The molecule has 10 nitrogen and oxygen atoms in total. The predicted octanol–water partition coefficient (Wildman–Crippen LogP) is 2.11. The van der Waals surface area contributed by atoms with Gasteiger partial charge in [-0.3, -0.25) is 14.6 Å². The van der Waals surface area contributed by atoms with Gasteiger partial charge in [-0.1, -0.05) is 43.3 Å². The topological polar surface area (TPSA) is 126 Å². The highest BCUT2D eigenvalue weighted by molar-refractivity contribution is 7.88. The van der Waals surface area contributed by atoms with Crippen LogP contribution in [-0.4, -0.2) is 72.1 Å². The van der Waals surface area contributed by atoms with Crippen molar-refractivity contribution in [1.82, 2.24) is 19.5 Å². The Morgan fingerprint density at radius 3 is 2.65 bits per heavy atom. The number of likely N-dealkylation sites (tertiary alicyclic amines) is 1. The maximum atomic E-state index is 13.0. The number of hydrogen-bond donors (Lipinski definition) is 1. The van der Waals surface area contributed by atoms with Crippen molar-refractivity contribution in [2.75, 3.05) is 19.6 Å². The Morgan fingerprint density at radius 1 is 1.16 bits per heavy atom. The molecule has 2 saturated heterocycles. The molecule has 1 aromatic heterocycles. The fraction of sp³-hybridized carbons (Fsp3) is 0.462. The van der Waals surface area contributed by atoms with Crippen molar-refractivity contribution in [2.45, 2.75) is 50.6 Å². The number of pyridine rings is 1. The second kappa shape index (κ2) is 11.8. The molecule has 0 bridgehead atoms. The van der Waals surface area contributed by atoms with Gasteiger partial charge in [0, 0.05) is 31.9 Å². The van der Waals surface area contributed by atoms with Gasteiger partial charge in [0.2, 0.25) is 15.9 Å². The average Bonchev–Trinajstić information content (AvgIpc) is 3.45. The number of carbonyl (C=O) groups excluding carboxylic acids is 3. The van der Waals surface area contributed by atoms with Gasteiger partial charge in [0.1, 0.15) is 12.6 Å². The number of Topliss-reactive ketones (excluding diaryl/α,β-unsaturated/α-hetero) is 1. The molecule has 3 heterocycles. The van der Waals surface area contributed by atoms with E-state index in [2.05, 4.69) is 10.3 Å². The minimum absolute atomic E-state index is 0.0390. The number of benzene rings is 1. The van der Waals surface area contributed by atoms with E-state index in [1.165, 1.54) is 15.4 Å². The van der Waals surface area contributed by atoms with Crippen molar-refractivity contribution >= 4 is 27.8 Å². The highest BCUT2D eigenvalue weighted by Crippen LogP contribution is 2.33. The lowest BCUT2D eigenvalue weighted by Crippen LogP contribution is -2.44. The Balaban J connectivity index is 1.24. The lowest BCUT2D eigenvalue weighted by atomic mass is 10.0. The lowest BCUT2D eigenvalue weighted by molar-refractivity contribution is -0.137. The van der Waals surface area contributed by atoms with Crippen LogP contribution in [0.25, 0.3) is 0 Å². The first kappa shape index (κ1) is 26.7. The van der Waals surface area contributed by atoms with E-state index in [0.29, 0.717) is 31.5 Å². The number of fused-ring (bicyclic) bond motifs is 1. The molecule has 1 N–H and O–H groups in total. The van der Waals surface area contributed by atoms with Crippen molar-refractivity contribution in [3.05, 3.63) is 66.0 Å². The molecule has 11 heteroatoms. The van der Waals surface area contributed by atoms with Crippen LogP contribution in [0, 0.1) is 5.92 Å². The molecule has 0 aliphatic carbocycles. The van der Waals surface area contributed by atoms with E-state index in [4.69, 9.17) is 4.74 Å². The van der Waals surface area contributed by atoms with Crippen molar-refractivity contribution in [3.8, 4) is 0 Å². The number of alkyl carbamates (subject to hydrolysis) is 1. The Labute approximate surface area is 217 Å². The summed E-state index contributed by atoms with van der Waals surface area (Å²) < 4.78 is 32.5. The molecular weight excluding hydrogens is 496 g/mol. The first-order chi connectivity index (χ1) is 17.7. The first-order valence-corrected chi connectivity index (χ1v) is 14.0. The van der Waals surface area contributed by atoms with Gasteiger partial charge in [-0.2, -0.15) is 4.31 Å². The van der Waals surface area contributed by atoms with Gasteiger partial charge in [0.25, 0.3) is 0 Å². The number of nitrogens with one attached hydrogen (secondary N) is 1. The van der Waals surface area contributed by atoms with Crippen LogP contribution >= 0.6 is 0 Å². The Kier molecular flexibility index (Phi) is 8.55. The van der Waals surface area contributed by atoms with Crippen LogP contribution in [0.15, 0.2) is 54.9 Å². The van der Waals surface area contributed by atoms with Gasteiger partial charge >= 0.3 is 6.09 Å². The molecule has 0 spiro atoms. The van der Waals surface area contributed by atoms with Gasteiger partial charge in [-0.25, -0.2) is 13.2 Å². The lowest BCUT2D eigenvalue weighted by Gasteiger charge is -2.25. The van der Waals surface area contributed by atoms with Crippen molar-refractivity contribution in [2.24, 2.45) is 5.92 Å². The third-order valence-electron chi connectivity index (χ3n) is 6.77. The van der Waals surface area contributed by atoms with Gasteiger partial charge in [0.05, 0.1) is 18.3 Å². The summed E-state index contributed by atoms with van der Waals surface area (Å²) in [5, 5.41) is 2.70. The van der Waals surface area contributed by atoms with E-state index in [1.54, 1.807) is 18.3 Å². The maximum absolute atomic E-state index is 13.0.